The molecule has 0 amide bonds. The Morgan fingerprint density at radius 1 is 1.50 bits per heavy atom. The van der Waals surface area contributed by atoms with Gasteiger partial charge in [0, 0.05) is 18.0 Å². The van der Waals surface area contributed by atoms with Crippen molar-refractivity contribution < 1.29 is 0 Å². The second-order valence-corrected chi connectivity index (χ2v) is 4.86. The molecular formula is C12H13N5S. The highest BCUT2D eigenvalue weighted by Crippen LogP contribution is 2.18. The van der Waals surface area contributed by atoms with E-state index in [2.05, 4.69) is 26.7 Å². The van der Waals surface area contributed by atoms with Gasteiger partial charge in [0.1, 0.15) is 17.5 Å². The summed E-state index contributed by atoms with van der Waals surface area (Å²) in [6, 6.07) is 5.88. The molecule has 2 heterocycles. The fraction of sp³-hybridized carbons (Fsp3) is 0.250. The summed E-state index contributed by atoms with van der Waals surface area (Å²) >= 11 is 1.71. The molecule has 2 aromatic heterocycles. The van der Waals surface area contributed by atoms with E-state index in [1.807, 2.05) is 31.1 Å². The molecule has 0 bridgehead atoms. The number of aryl methyl sites for hydroxylation is 1. The van der Waals surface area contributed by atoms with Gasteiger partial charge >= 0.3 is 0 Å². The Labute approximate surface area is 110 Å². The first kappa shape index (κ1) is 12.3. The maximum Gasteiger partial charge on any atom is 0.182 e. The van der Waals surface area contributed by atoms with Crippen LogP contribution in [0.15, 0.2) is 23.6 Å². The monoisotopic (exact) mass is 259 g/mol. The molecule has 18 heavy (non-hydrogen) atoms. The van der Waals surface area contributed by atoms with Crippen molar-refractivity contribution in [2.75, 3.05) is 17.3 Å². The molecule has 0 fully saturated rings. The Hall–Kier alpha value is -2.13. The number of thiophene rings is 1. The lowest BCUT2D eigenvalue weighted by Gasteiger charge is -2.18. The molecule has 0 spiro atoms. The van der Waals surface area contributed by atoms with Gasteiger partial charge in [-0.05, 0) is 18.4 Å². The van der Waals surface area contributed by atoms with Gasteiger partial charge in [0.15, 0.2) is 6.19 Å². The fourth-order valence-electron chi connectivity index (χ4n) is 1.59. The highest BCUT2D eigenvalue weighted by atomic mass is 32.1. The predicted octanol–water partition coefficient (Wildman–Crippen LogP) is 2.38. The lowest BCUT2D eigenvalue weighted by Crippen LogP contribution is -2.18. The zero-order chi connectivity index (χ0) is 13.0. The van der Waals surface area contributed by atoms with Crippen LogP contribution in [-0.2, 0) is 6.54 Å². The highest BCUT2D eigenvalue weighted by Gasteiger charge is 2.07. The third-order valence-electron chi connectivity index (χ3n) is 2.37. The van der Waals surface area contributed by atoms with E-state index < -0.39 is 0 Å². The zero-order valence-corrected chi connectivity index (χ0v) is 11.0. The number of nitrogens with zero attached hydrogens (tertiary/aromatic N) is 4. The van der Waals surface area contributed by atoms with Crippen molar-refractivity contribution in [2.24, 2.45) is 0 Å². The number of hydrogen-bond donors (Lipinski definition) is 1. The van der Waals surface area contributed by atoms with Gasteiger partial charge in [0.05, 0.1) is 6.54 Å². The normalized spacial score (nSPS) is 9.83. The number of nitriles is 1. The van der Waals surface area contributed by atoms with Crippen molar-refractivity contribution in [3.8, 4) is 6.19 Å². The molecule has 0 aliphatic rings. The number of aromatic nitrogens is 2. The molecule has 0 saturated heterocycles. The van der Waals surface area contributed by atoms with Gasteiger partial charge in [-0.1, -0.05) is 6.07 Å². The van der Waals surface area contributed by atoms with Crippen LogP contribution < -0.4 is 10.2 Å². The first-order valence-corrected chi connectivity index (χ1v) is 6.31. The summed E-state index contributed by atoms with van der Waals surface area (Å²) in [6.45, 7) is 2.60. The Morgan fingerprint density at radius 2 is 2.33 bits per heavy atom. The van der Waals surface area contributed by atoms with Crippen LogP contribution in [0.1, 0.15) is 10.7 Å². The van der Waals surface area contributed by atoms with E-state index >= 15 is 0 Å². The molecule has 0 aliphatic heterocycles. The number of rotatable bonds is 4. The number of anilines is 2. The van der Waals surface area contributed by atoms with Gasteiger partial charge in [0.2, 0.25) is 0 Å². The maximum atomic E-state index is 8.61. The van der Waals surface area contributed by atoms with Crippen LogP contribution >= 0.6 is 11.3 Å². The topological polar surface area (TPSA) is 64.8 Å². The smallest absolute Gasteiger partial charge is 0.182 e. The van der Waals surface area contributed by atoms with Gasteiger partial charge in [0.25, 0.3) is 0 Å². The molecule has 0 atom stereocenters. The van der Waals surface area contributed by atoms with E-state index in [4.69, 9.17) is 5.26 Å². The molecular weight excluding hydrogens is 246 g/mol. The number of hydrogen-bond acceptors (Lipinski definition) is 6. The molecule has 92 valence electrons. The van der Waals surface area contributed by atoms with Gasteiger partial charge in [-0.15, -0.1) is 11.3 Å². The van der Waals surface area contributed by atoms with E-state index in [9.17, 15) is 0 Å². The standard InChI is InChI=1S/C12H13N5S/c1-9-15-11(14-8-13)6-12(16-9)17(2)7-10-4-3-5-18-10/h3-6H,7H2,1-2H3,(H,14,15,16). The van der Waals surface area contributed by atoms with Gasteiger partial charge < -0.3 is 4.90 Å². The molecule has 2 rings (SSSR count). The van der Waals surface area contributed by atoms with E-state index in [-0.39, 0.29) is 0 Å². The fourth-order valence-corrected chi connectivity index (χ4v) is 2.34. The maximum absolute atomic E-state index is 8.61. The molecule has 0 unspecified atom stereocenters. The Balaban J connectivity index is 2.19. The van der Waals surface area contributed by atoms with Gasteiger partial charge in [-0.25, -0.2) is 9.97 Å². The van der Waals surface area contributed by atoms with Crippen LogP contribution in [0.3, 0.4) is 0 Å². The van der Waals surface area contributed by atoms with Gasteiger partial charge in [-0.3, -0.25) is 5.32 Å². The molecule has 0 aliphatic carbocycles. The van der Waals surface area contributed by atoms with Gasteiger partial charge in [-0.2, -0.15) is 5.26 Å². The third-order valence-corrected chi connectivity index (χ3v) is 3.23. The van der Waals surface area contributed by atoms with Crippen LogP contribution in [-0.4, -0.2) is 17.0 Å². The summed E-state index contributed by atoms with van der Waals surface area (Å²) in [5.74, 6) is 1.97. The first-order chi connectivity index (χ1) is 8.69. The Bertz CT molecular complexity index is 558. The molecule has 0 aromatic carbocycles. The summed E-state index contributed by atoms with van der Waals surface area (Å²) in [5.41, 5.74) is 0. The Morgan fingerprint density at radius 3 is 3.00 bits per heavy atom. The minimum atomic E-state index is 0.526. The van der Waals surface area contributed by atoms with E-state index in [1.54, 1.807) is 17.4 Å². The molecule has 1 N–H and O–H groups in total. The Kier molecular flexibility index (Phi) is 3.75. The van der Waals surface area contributed by atoms with Crippen molar-refractivity contribution in [3.05, 3.63) is 34.3 Å². The SMILES string of the molecule is Cc1nc(NC#N)cc(N(C)Cc2cccs2)n1. The van der Waals surface area contributed by atoms with Crippen molar-refractivity contribution in [1.82, 2.24) is 9.97 Å². The largest absolute Gasteiger partial charge is 0.354 e. The summed E-state index contributed by atoms with van der Waals surface area (Å²) in [4.78, 5) is 11.8. The van der Waals surface area contributed by atoms with E-state index in [1.165, 1.54) is 4.88 Å². The molecule has 0 saturated carbocycles. The highest BCUT2D eigenvalue weighted by molar-refractivity contribution is 7.09. The molecule has 0 radical (unpaired) electrons. The molecule has 6 heteroatoms. The zero-order valence-electron chi connectivity index (χ0n) is 10.2. The minimum Gasteiger partial charge on any atom is -0.354 e. The van der Waals surface area contributed by atoms with Crippen LogP contribution in [0.2, 0.25) is 0 Å². The molecule has 2 aromatic rings. The quantitative estimate of drug-likeness (QED) is 0.674. The third kappa shape index (κ3) is 2.96. The van der Waals surface area contributed by atoms with E-state index in [0.717, 1.165) is 12.4 Å². The van der Waals surface area contributed by atoms with Crippen molar-refractivity contribution >= 4 is 23.0 Å². The lowest BCUT2D eigenvalue weighted by atomic mass is 10.4. The summed E-state index contributed by atoms with van der Waals surface area (Å²) in [5, 5.41) is 13.2. The van der Waals surface area contributed by atoms with Crippen LogP contribution in [0.5, 0.6) is 0 Å². The molecule has 5 nitrogen and oxygen atoms in total. The van der Waals surface area contributed by atoms with Crippen molar-refractivity contribution in [3.63, 3.8) is 0 Å². The minimum absolute atomic E-state index is 0.526. The van der Waals surface area contributed by atoms with Crippen LogP contribution in [0.4, 0.5) is 11.6 Å². The van der Waals surface area contributed by atoms with Crippen LogP contribution in [0.25, 0.3) is 0 Å². The lowest BCUT2D eigenvalue weighted by molar-refractivity contribution is 0.892. The average molecular weight is 259 g/mol. The summed E-state index contributed by atoms with van der Waals surface area (Å²) in [6.07, 6.45) is 1.87. The second kappa shape index (κ2) is 5.47. The van der Waals surface area contributed by atoms with Crippen LogP contribution in [0, 0.1) is 18.4 Å². The average Bonchev–Trinajstić information content (AvgIpc) is 2.81. The summed E-state index contributed by atoms with van der Waals surface area (Å²) in [7, 11) is 1.97. The van der Waals surface area contributed by atoms with Crippen molar-refractivity contribution in [1.29, 1.82) is 5.26 Å². The van der Waals surface area contributed by atoms with Crippen molar-refractivity contribution in [2.45, 2.75) is 13.5 Å². The van der Waals surface area contributed by atoms with E-state index in [0.29, 0.717) is 11.6 Å². The second-order valence-electron chi connectivity index (χ2n) is 3.83. The first-order valence-electron chi connectivity index (χ1n) is 5.43. The number of nitrogens with one attached hydrogen (secondary N) is 1. The summed E-state index contributed by atoms with van der Waals surface area (Å²) < 4.78 is 0. The predicted molar refractivity (Wildman–Crippen MR) is 72.4 cm³/mol.